The summed E-state index contributed by atoms with van der Waals surface area (Å²) in [7, 11) is 0. The molecule has 1 aliphatic rings. The lowest BCUT2D eigenvalue weighted by atomic mass is 9.89. The van der Waals surface area contributed by atoms with Gasteiger partial charge in [0.05, 0.1) is 12.7 Å². The molecule has 1 rings (SSSR count). The number of hydrogen-bond donors (Lipinski definition) is 1. The van der Waals surface area contributed by atoms with E-state index in [1.54, 1.807) is 0 Å². The second-order valence-electron chi connectivity index (χ2n) is 19.3. The molecule has 0 bridgehead atoms. The minimum absolute atomic E-state index is 0.0572. The maximum absolute atomic E-state index is 9.55. The lowest BCUT2D eigenvalue weighted by Crippen LogP contribution is -2.32. The zero-order chi connectivity index (χ0) is 37.2. The number of aliphatic hydroxyl groups is 1. The predicted octanol–water partition coefficient (Wildman–Crippen LogP) is 15.0. The first-order valence-corrected chi connectivity index (χ1v) is 22.8. The molecule has 3 nitrogen and oxygen atoms in total. The van der Waals surface area contributed by atoms with Crippen LogP contribution < -0.4 is 0 Å². The molecule has 8 unspecified atom stereocenters. The lowest BCUT2D eigenvalue weighted by Gasteiger charge is -2.30. The Morgan fingerprint density at radius 2 is 0.780 bits per heavy atom. The highest BCUT2D eigenvalue weighted by molar-refractivity contribution is 4.81. The molecule has 50 heavy (non-hydrogen) atoms. The molecule has 0 spiro atoms. The minimum atomic E-state index is -0.422. The van der Waals surface area contributed by atoms with Gasteiger partial charge in [0.2, 0.25) is 0 Å². The first kappa shape index (κ1) is 47.9. The third kappa shape index (κ3) is 25.8. The summed E-state index contributed by atoms with van der Waals surface area (Å²) in [5.41, 5.74) is 0. The van der Waals surface area contributed by atoms with E-state index in [1.807, 2.05) is 0 Å². The van der Waals surface area contributed by atoms with Crippen LogP contribution in [-0.2, 0) is 9.47 Å². The van der Waals surface area contributed by atoms with Crippen LogP contribution in [0.1, 0.15) is 230 Å². The van der Waals surface area contributed by atoms with Gasteiger partial charge in [0.1, 0.15) is 0 Å². The quantitative estimate of drug-likeness (QED) is 0.0677. The summed E-state index contributed by atoms with van der Waals surface area (Å²) in [5.74, 6) is 6.30. The van der Waals surface area contributed by atoms with Gasteiger partial charge in [-0.2, -0.15) is 0 Å². The van der Waals surface area contributed by atoms with Gasteiger partial charge in [-0.15, -0.1) is 0 Å². The molecule has 0 aromatic carbocycles. The number of aliphatic hydroxyl groups excluding tert-OH is 1. The van der Waals surface area contributed by atoms with Crippen molar-refractivity contribution < 1.29 is 14.6 Å². The molecule has 0 aliphatic carbocycles. The second-order valence-corrected chi connectivity index (χ2v) is 19.3. The molecule has 1 N–H and O–H groups in total. The van der Waals surface area contributed by atoms with Gasteiger partial charge in [-0.3, -0.25) is 0 Å². The molecule has 1 fully saturated rings. The Morgan fingerprint density at radius 3 is 1.16 bits per heavy atom. The van der Waals surface area contributed by atoms with E-state index in [2.05, 4.69) is 69.2 Å². The Balaban J connectivity index is 2.27. The summed E-state index contributed by atoms with van der Waals surface area (Å²) in [6.07, 6.45) is 32.9. The van der Waals surface area contributed by atoms with Gasteiger partial charge in [0, 0.05) is 19.4 Å². The molecule has 3 heteroatoms. The van der Waals surface area contributed by atoms with Crippen LogP contribution in [0.3, 0.4) is 0 Å². The average molecular weight is 707 g/mol. The summed E-state index contributed by atoms with van der Waals surface area (Å²) < 4.78 is 13.0. The van der Waals surface area contributed by atoms with E-state index in [0.717, 1.165) is 54.3 Å². The molecular formula is C47H94O3. The van der Waals surface area contributed by atoms with E-state index in [1.165, 1.54) is 141 Å². The highest BCUT2D eigenvalue weighted by atomic mass is 16.7. The van der Waals surface area contributed by atoms with E-state index < -0.39 is 5.79 Å². The van der Waals surface area contributed by atoms with Crippen molar-refractivity contribution in [1.29, 1.82) is 0 Å². The van der Waals surface area contributed by atoms with E-state index in [0.29, 0.717) is 18.9 Å². The monoisotopic (exact) mass is 707 g/mol. The van der Waals surface area contributed by atoms with E-state index >= 15 is 0 Å². The van der Waals surface area contributed by atoms with Crippen LogP contribution in [0, 0.1) is 47.3 Å². The van der Waals surface area contributed by atoms with Gasteiger partial charge >= 0.3 is 0 Å². The Labute approximate surface area is 316 Å². The fraction of sp³-hybridized carbons (Fsp3) is 1.00. The average Bonchev–Trinajstić information content (AvgIpc) is 3.44. The molecule has 300 valence electrons. The number of hydrogen-bond acceptors (Lipinski definition) is 3. The smallest absolute Gasteiger partial charge is 0.168 e. The number of ether oxygens (including phenoxy) is 2. The summed E-state index contributed by atoms with van der Waals surface area (Å²) in [5, 5.41) is 9.55. The maximum atomic E-state index is 9.55. The van der Waals surface area contributed by atoms with E-state index in [4.69, 9.17) is 9.47 Å². The predicted molar refractivity (Wildman–Crippen MR) is 221 cm³/mol. The zero-order valence-electron chi connectivity index (χ0n) is 36.1. The minimum Gasteiger partial charge on any atom is -0.396 e. The van der Waals surface area contributed by atoms with Crippen LogP contribution in [0.2, 0.25) is 0 Å². The molecular weight excluding hydrogens is 613 g/mol. The Hall–Kier alpha value is -0.120. The Bertz CT molecular complexity index is 751. The van der Waals surface area contributed by atoms with Crippen LogP contribution in [0.15, 0.2) is 0 Å². The summed E-state index contributed by atoms with van der Waals surface area (Å²) in [6.45, 7) is 25.0. The van der Waals surface area contributed by atoms with E-state index in [-0.39, 0.29) is 12.7 Å². The van der Waals surface area contributed by atoms with Crippen LogP contribution in [0.5, 0.6) is 0 Å². The van der Waals surface area contributed by atoms with Crippen molar-refractivity contribution in [2.24, 2.45) is 47.3 Å². The fourth-order valence-electron chi connectivity index (χ4n) is 8.52. The lowest BCUT2D eigenvalue weighted by molar-refractivity contribution is -0.182. The van der Waals surface area contributed by atoms with Crippen molar-refractivity contribution in [2.45, 2.75) is 242 Å². The fourth-order valence-corrected chi connectivity index (χ4v) is 8.52. The van der Waals surface area contributed by atoms with Crippen molar-refractivity contribution in [2.75, 3.05) is 13.2 Å². The maximum Gasteiger partial charge on any atom is 0.168 e. The van der Waals surface area contributed by atoms with Crippen LogP contribution in [-0.4, -0.2) is 30.2 Å². The molecule has 0 saturated carbocycles. The van der Waals surface area contributed by atoms with Gasteiger partial charge < -0.3 is 14.6 Å². The molecule has 0 aromatic rings. The Kier molecular flexibility index (Phi) is 28.0. The highest BCUT2D eigenvalue weighted by Gasteiger charge is 2.40. The van der Waals surface area contributed by atoms with Crippen molar-refractivity contribution in [3.8, 4) is 0 Å². The third-order valence-corrected chi connectivity index (χ3v) is 12.4. The number of unbranched alkanes of at least 4 members (excludes halogenated alkanes) is 1. The molecule has 0 aromatic heterocycles. The standard InChI is InChI=1S/C47H94O3/c1-38(2)19-13-23-41(6)26-15-25-40(5)21-11-12-22-45(10)32-35-47(49-37-46(50-47)33-36-48)34-18-31-44(9)30-17-29-43(8)28-16-27-42(7)24-14-20-39(3)4/h38-46,48H,11-37H2,1-10H3. The van der Waals surface area contributed by atoms with E-state index in [9.17, 15) is 5.11 Å². The van der Waals surface area contributed by atoms with Crippen LogP contribution >= 0.6 is 0 Å². The van der Waals surface area contributed by atoms with Crippen molar-refractivity contribution in [3.05, 3.63) is 0 Å². The van der Waals surface area contributed by atoms with Crippen molar-refractivity contribution in [1.82, 2.24) is 0 Å². The van der Waals surface area contributed by atoms with Crippen LogP contribution in [0.25, 0.3) is 0 Å². The summed E-state index contributed by atoms with van der Waals surface area (Å²) in [6, 6.07) is 0. The molecule has 0 amide bonds. The Morgan fingerprint density at radius 1 is 0.440 bits per heavy atom. The SMILES string of the molecule is CC(C)CCCC(C)CCCC(C)CCCCC(C)CCC1(CCCC(C)CCCC(C)CCCC(C)CCCC(C)C)OCC(CCO)O1. The summed E-state index contributed by atoms with van der Waals surface area (Å²) in [4.78, 5) is 0. The molecule has 8 atom stereocenters. The molecule has 1 saturated heterocycles. The highest BCUT2D eigenvalue weighted by Crippen LogP contribution is 2.37. The third-order valence-electron chi connectivity index (χ3n) is 12.4. The summed E-state index contributed by atoms with van der Waals surface area (Å²) >= 11 is 0. The molecule has 0 radical (unpaired) electrons. The van der Waals surface area contributed by atoms with Crippen LogP contribution in [0.4, 0.5) is 0 Å². The van der Waals surface area contributed by atoms with Crippen molar-refractivity contribution >= 4 is 0 Å². The largest absolute Gasteiger partial charge is 0.396 e. The van der Waals surface area contributed by atoms with Crippen molar-refractivity contribution in [3.63, 3.8) is 0 Å². The number of rotatable bonds is 34. The zero-order valence-corrected chi connectivity index (χ0v) is 36.1. The second kappa shape index (κ2) is 29.3. The van der Waals surface area contributed by atoms with Gasteiger partial charge in [-0.1, -0.05) is 198 Å². The van der Waals surface area contributed by atoms with Gasteiger partial charge in [0.25, 0.3) is 0 Å². The first-order chi connectivity index (χ1) is 23.8. The molecule has 1 aliphatic heterocycles. The molecule has 1 heterocycles. The van der Waals surface area contributed by atoms with Gasteiger partial charge in [-0.25, -0.2) is 0 Å². The normalized spacial score (nSPS) is 21.9. The topological polar surface area (TPSA) is 38.7 Å². The first-order valence-electron chi connectivity index (χ1n) is 22.8. The van der Waals surface area contributed by atoms with Gasteiger partial charge in [-0.05, 0) is 66.6 Å². The van der Waals surface area contributed by atoms with Gasteiger partial charge in [0.15, 0.2) is 5.79 Å².